The van der Waals surface area contributed by atoms with Crippen molar-refractivity contribution >= 4 is 59.4 Å². The van der Waals surface area contributed by atoms with E-state index in [2.05, 4.69) is 47.8 Å². The fraction of sp³-hybridized carbons (Fsp3) is 0. The maximum Gasteiger partial charge on any atom is 0.146 e. The lowest BCUT2D eigenvalue weighted by molar-refractivity contribution is 0.452. The third-order valence-electron chi connectivity index (χ3n) is 3.08. The first-order chi connectivity index (χ1) is 11.5. The fourth-order valence-corrected chi connectivity index (χ4v) is 3.30. The Balaban J connectivity index is 1.96. The topological polar surface area (TPSA) is 18.5 Å². The van der Waals surface area contributed by atoms with Crippen molar-refractivity contribution in [2.24, 2.45) is 0 Å². The van der Waals surface area contributed by atoms with Crippen LogP contribution in [0.5, 0.6) is 23.0 Å². The zero-order valence-electron chi connectivity index (χ0n) is 12.1. The van der Waals surface area contributed by atoms with E-state index in [-0.39, 0.29) is 0 Å². The maximum absolute atomic E-state index is 6.23. The predicted molar refractivity (Wildman–Crippen MR) is 108 cm³/mol. The van der Waals surface area contributed by atoms with E-state index in [1.807, 2.05) is 48.5 Å². The van der Waals surface area contributed by atoms with Gasteiger partial charge in [-0.15, -0.1) is 0 Å². The largest absolute Gasteiger partial charge is 0.455 e. The Labute approximate surface area is 170 Å². The van der Waals surface area contributed by atoms with Crippen LogP contribution in [-0.2, 0) is 0 Å². The molecule has 0 unspecified atom stereocenters. The van der Waals surface area contributed by atoms with Gasteiger partial charge in [0.1, 0.15) is 27.5 Å². The van der Waals surface area contributed by atoms with E-state index in [1.54, 1.807) is 12.1 Å². The Kier molecular flexibility index (Phi) is 5.87. The summed E-state index contributed by atoms with van der Waals surface area (Å²) in [5.74, 6) is 2.51. The Morgan fingerprint density at radius 3 is 1.46 bits per heavy atom. The van der Waals surface area contributed by atoms with E-state index in [4.69, 9.17) is 21.1 Å². The highest BCUT2D eigenvalue weighted by atomic mass is 79.9. The van der Waals surface area contributed by atoms with Gasteiger partial charge in [0.05, 0.1) is 8.95 Å². The van der Waals surface area contributed by atoms with Crippen LogP contribution in [0.25, 0.3) is 0 Å². The number of halogens is 4. The van der Waals surface area contributed by atoms with Gasteiger partial charge >= 0.3 is 0 Å². The predicted octanol–water partition coefficient (Wildman–Crippen LogP) is 8.21. The fourth-order valence-electron chi connectivity index (χ4n) is 1.98. The first-order valence-electron chi connectivity index (χ1n) is 6.88. The molecule has 3 aromatic carbocycles. The number of rotatable bonds is 4. The molecule has 3 aromatic rings. The van der Waals surface area contributed by atoms with E-state index >= 15 is 0 Å². The zero-order valence-corrected chi connectivity index (χ0v) is 17.6. The molecule has 6 heteroatoms. The van der Waals surface area contributed by atoms with Gasteiger partial charge < -0.3 is 9.47 Å². The quantitative estimate of drug-likeness (QED) is 0.337. The molecular weight excluding hydrogens is 523 g/mol. The van der Waals surface area contributed by atoms with E-state index in [1.165, 1.54) is 0 Å². The third kappa shape index (κ3) is 4.14. The highest BCUT2D eigenvalue weighted by Crippen LogP contribution is 2.43. The Morgan fingerprint density at radius 2 is 1.04 bits per heavy atom. The van der Waals surface area contributed by atoms with Gasteiger partial charge in [-0.1, -0.05) is 35.9 Å². The maximum atomic E-state index is 6.23. The molecule has 0 spiro atoms. The first kappa shape index (κ1) is 17.8. The van der Waals surface area contributed by atoms with E-state index < -0.39 is 0 Å². The lowest BCUT2D eigenvalue weighted by atomic mass is 10.3. The molecule has 0 aliphatic carbocycles. The second kappa shape index (κ2) is 7.91. The highest BCUT2D eigenvalue weighted by molar-refractivity contribution is 9.11. The molecule has 122 valence electrons. The van der Waals surface area contributed by atoms with Crippen LogP contribution in [0.3, 0.4) is 0 Å². The van der Waals surface area contributed by atoms with Crippen molar-refractivity contribution in [1.29, 1.82) is 0 Å². The summed E-state index contributed by atoms with van der Waals surface area (Å²) in [5.41, 5.74) is 0. The molecule has 24 heavy (non-hydrogen) atoms. The van der Waals surface area contributed by atoms with Gasteiger partial charge in [-0.2, -0.15) is 0 Å². The molecule has 0 heterocycles. The van der Waals surface area contributed by atoms with Crippen LogP contribution in [0.15, 0.2) is 74.1 Å². The lowest BCUT2D eigenvalue weighted by Gasteiger charge is -2.14. The summed E-state index contributed by atoms with van der Waals surface area (Å²) >= 11 is 16.7. The van der Waals surface area contributed by atoms with Crippen LogP contribution in [0.2, 0.25) is 5.02 Å². The number of para-hydroxylation sites is 2. The number of hydrogen-bond acceptors (Lipinski definition) is 2. The van der Waals surface area contributed by atoms with E-state index in [9.17, 15) is 0 Å². The van der Waals surface area contributed by atoms with Crippen molar-refractivity contribution in [2.45, 2.75) is 0 Å². The summed E-state index contributed by atoms with van der Waals surface area (Å²) in [4.78, 5) is 0. The van der Waals surface area contributed by atoms with Crippen molar-refractivity contribution in [3.05, 3.63) is 79.1 Å². The standard InChI is InChI=1S/C18H10Br3ClO2/c19-12-5-1-3-7-14(12)23-16-9-11(22)10-17(18(16)21)24-15-8-4-2-6-13(15)20/h1-10H. The minimum absolute atomic E-state index is 0.516. The van der Waals surface area contributed by atoms with Crippen LogP contribution >= 0.6 is 59.4 Å². The van der Waals surface area contributed by atoms with Gasteiger partial charge in [0.2, 0.25) is 0 Å². The highest BCUT2D eigenvalue weighted by Gasteiger charge is 2.14. The van der Waals surface area contributed by atoms with Crippen LogP contribution in [0.4, 0.5) is 0 Å². The molecule has 0 aliphatic rings. The first-order valence-corrected chi connectivity index (χ1v) is 9.64. The lowest BCUT2D eigenvalue weighted by Crippen LogP contribution is -1.91. The van der Waals surface area contributed by atoms with Crippen LogP contribution in [0.1, 0.15) is 0 Å². The van der Waals surface area contributed by atoms with Gasteiger partial charge in [-0.25, -0.2) is 0 Å². The summed E-state index contributed by atoms with van der Waals surface area (Å²) in [6.07, 6.45) is 0. The Bertz CT molecular complexity index is 815. The van der Waals surface area contributed by atoms with Crippen molar-refractivity contribution in [2.75, 3.05) is 0 Å². The molecule has 2 nitrogen and oxygen atoms in total. The number of ether oxygens (including phenoxy) is 2. The summed E-state index contributed by atoms with van der Waals surface area (Å²) in [7, 11) is 0. The SMILES string of the molecule is Clc1cc(Oc2ccccc2Br)c(Br)c(Oc2ccccc2Br)c1. The molecule has 0 radical (unpaired) electrons. The van der Waals surface area contributed by atoms with E-state index in [0.29, 0.717) is 32.5 Å². The third-order valence-corrected chi connectivity index (χ3v) is 5.39. The van der Waals surface area contributed by atoms with Crippen molar-refractivity contribution < 1.29 is 9.47 Å². The van der Waals surface area contributed by atoms with Gasteiger partial charge in [0.25, 0.3) is 0 Å². The van der Waals surface area contributed by atoms with Crippen molar-refractivity contribution in [3.63, 3.8) is 0 Å². The van der Waals surface area contributed by atoms with Crippen LogP contribution in [-0.4, -0.2) is 0 Å². The number of benzene rings is 3. The molecule has 0 saturated carbocycles. The molecule has 0 saturated heterocycles. The summed E-state index contributed by atoms with van der Waals surface area (Å²) in [5, 5.41) is 0.516. The molecule has 0 aliphatic heterocycles. The second-order valence-corrected chi connectivity index (χ2v) is 7.72. The van der Waals surface area contributed by atoms with Crippen molar-refractivity contribution in [1.82, 2.24) is 0 Å². The molecule has 0 amide bonds. The summed E-state index contributed by atoms with van der Waals surface area (Å²) in [6, 6.07) is 18.7. The molecule has 0 N–H and O–H groups in total. The Morgan fingerprint density at radius 1 is 0.625 bits per heavy atom. The van der Waals surface area contributed by atoms with Gasteiger partial charge in [0.15, 0.2) is 0 Å². The van der Waals surface area contributed by atoms with Crippen LogP contribution in [0, 0.1) is 0 Å². The molecule has 0 aromatic heterocycles. The number of hydrogen-bond donors (Lipinski definition) is 0. The summed E-state index contributed by atoms with van der Waals surface area (Å²) in [6.45, 7) is 0. The second-order valence-electron chi connectivity index (χ2n) is 4.78. The van der Waals surface area contributed by atoms with Crippen molar-refractivity contribution in [3.8, 4) is 23.0 Å². The van der Waals surface area contributed by atoms with Gasteiger partial charge in [-0.05, 0) is 72.1 Å². The van der Waals surface area contributed by atoms with Gasteiger partial charge in [-0.3, -0.25) is 0 Å². The molecule has 0 bridgehead atoms. The van der Waals surface area contributed by atoms with Crippen LogP contribution < -0.4 is 9.47 Å². The smallest absolute Gasteiger partial charge is 0.146 e. The van der Waals surface area contributed by atoms with Gasteiger partial charge in [0, 0.05) is 17.2 Å². The zero-order chi connectivity index (χ0) is 17.1. The molecule has 0 atom stereocenters. The van der Waals surface area contributed by atoms with E-state index in [0.717, 1.165) is 8.95 Å². The monoisotopic (exact) mass is 530 g/mol. The average Bonchev–Trinajstić information content (AvgIpc) is 2.56. The minimum atomic E-state index is 0.516. The molecule has 3 rings (SSSR count). The summed E-state index contributed by atoms with van der Waals surface area (Å²) < 4.78 is 14.3. The minimum Gasteiger partial charge on any atom is -0.455 e. The molecular formula is C18H10Br3ClO2. The average molecular weight is 533 g/mol. The molecule has 0 fully saturated rings. The normalized spacial score (nSPS) is 10.5. The Hall–Kier alpha value is -1.01.